The zero-order valence-corrected chi connectivity index (χ0v) is 15.4. The summed E-state index contributed by atoms with van der Waals surface area (Å²) in [6, 6.07) is 18.1. The Morgan fingerprint density at radius 1 is 1.04 bits per heavy atom. The lowest BCUT2D eigenvalue weighted by atomic mass is 10.2. The van der Waals surface area contributed by atoms with Gasteiger partial charge in [0, 0.05) is 18.4 Å². The van der Waals surface area contributed by atoms with Crippen LogP contribution in [-0.4, -0.2) is 23.1 Å². The molecule has 0 radical (unpaired) electrons. The molecule has 0 aliphatic carbocycles. The van der Waals surface area contributed by atoms with Crippen LogP contribution in [0.4, 0.5) is 23.1 Å². The van der Waals surface area contributed by atoms with Crippen molar-refractivity contribution in [3.8, 4) is 5.75 Å². The lowest BCUT2D eigenvalue weighted by Crippen LogP contribution is -2.18. The first kappa shape index (κ1) is 17.7. The summed E-state index contributed by atoms with van der Waals surface area (Å²) in [7, 11) is 0. The molecule has 1 heterocycles. The van der Waals surface area contributed by atoms with Crippen molar-refractivity contribution < 1.29 is 4.74 Å². The van der Waals surface area contributed by atoms with Crippen LogP contribution in [0.15, 0.2) is 60.8 Å². The topological polar surface area (TPSA) is 50.3 Å². The van der Waals surface area contributed by atoms with Crippen LogP contribution >= 0.6 is 0 Å². The molecule has 0 saturated heterocycles. The molecule has 0 aliphatic rings. The molecular formula is C21H24N4O. The summed E-state index contributed by atoms with van der Waals surface area (Å²) in [5.41, 5.74) is 3.19. The van der Waals surface area contributed by atoms with E-state index in [-0.39, 0.29) is 0 Å². The zero-order chi connectivity index (χ0) is 18.4. The SMILES string of the molecule is CCOc1ccccc1Nc1nccc(N(CC)c2cccc(C)c2)n1. The van der Waals surface area contributed by atoms with Crippen molar-refractivity contribution in [1.29, 1.82) is 0 Å². The first-order valence-corrected chi connectivity index (χ1v) is 8.87. The second-order valence-electron chi connectivity index (χ2n) is 5.88. The fourth-order valence-electron chi connectivity index (χ4n) is 2.80. The number of nitrogens with zero attached hydrogens (tertiary/aromatic N) is 3. The molecule has 2 aromatic carbocycles. The fraction of sp³-hybridized carbons (Fsp3) is 0.238. The van der Waals surface area contributed by atoms with Crippen molar-refractivity contribution in [1.82, 2.24) is 9.97 Å². The lowest BCUT2D eigenvalue weighted by Gasteiger charge is -2.23. The third-order valence-electron chi connectivity index (χ3n) is 3.98. The Labute approximate surface area is 154 Å². The van der Waals surface area contributed by atoms with E-state index in [1.165, 1.54) is 5.56 Å². The average Bonchev–Trinajstić information content (AvgIpc) is 2.65. The van der Waals surface area contributed by atoms with Crippen LogP contribution in [0.5, 0.6) is 5.75 Å². The van der Waals surface area contributed by atoms with Gasteiger partial charge in [-0.2, -0.15) is 4.98 Å². The molecule has 5 heteroatoms. The Hall–Kier alpha value is -3.08. The standard InChI is InChI=1S/C21H24N4O/c1-4-25(17-10-8-9-16(3)15-17)20-13-14-22-21(24-20)23-18-11-6-7-12-19(18)26-5-2/h6-15H,4-5H2,1-3H3,(H,22,23,24). The summed E-state index contributed by atoms with van der Waals surface area (Å²) in [6.45, 7) is 7.60. The fourth-order valence-corrected chi connectivity index (χ4v) is 2.80. The van der Waals surface area contributed by atoms with Crippen LogP contribution in [0.1, 0.15) is 19.4 Å². The molecule has 0 bridgehead atoms. The zero-order valence-electron chi connectivity index (χ0n) is 15.4. The number of aromatic nitrogens is 2. The van der Waals surface area contributed by atoms with Crippen LogP contribution in [0.3, 0.4) is 0 Å². The highest BCUT2D eigenvalue weighted by Crippen LogP contribution is 2.28. The molecule has 26 heavy (non-hydrogen) atoms. The predicted molar refractivity (Wildman–Crippen MR) is 107 cm³/mol. The molecule has 0 spiro atoms. The molecule has 5 nitrogen and oxygen atoms in total. The number of ether oxygens (including phenoxy) is 1. The minimum atomic E-state index is 0.542. The van der Waals surface area contributed by atoms with E-state index in [9.17, 15) is 0 Å². The molecule has 0 saturated carbocycles. The Bertz CT molecular complexity index is 866. The minimum absolute atomic E-state index is 0.542. The van der Waals surface area contributed by atoms with Gasteiger partial charge in [-0.3, -0.25) is 0 Å². The van der Waals surface area contributed by atoms with Gasteiger partial charge >= 0.3 is 0 Å². The van der Waals surface area contributed by atoms with E-state index >= 15 is 0 Å². The quantitative estimate of drug-likeness (QED) is 0.645. The normalized spacial score (nSPS) is 10.4. The van der Waals surface area contributed by atoms with Crippen molar-refractivity contribution >= 4 is 23.1 Å². The van der Waals surface area contributed by atoms with Crippen molar-refractivity contribution in [2.75, 3.05) is 23.4 Å². The first-order valence-electron chi connectivity index (χ1n) is 8.87. The van der Waals surface area contributed by atoms with Crippen molar-refractivity contribution in [3.05, 3.63) is 66.4 Å². The van der Waals surface area contributed by atoms with Gasteiger partial charge < -0.3 is 15.0 Å². The van der Waals surface area contributed by atoms with E-state index in [0.29, 0.717) is 12.6 Å². The van der Waals surface area contributed by atoms with Gasteiger partial charge in [0.05, 0.1) is 12.3 Å². The largest absolute Gasteiger partial charge is 0.492 e. The Morgan fingerprint density at radius 3 is 2.65 bits per heavy atom. The second kappa shape index (κ2) is 8.34. The van der Waals surface area contributed by atoms with Gasteiger partial charge in [0.2, 0.25) is 5.95 Å². The highest BCUT2D eigenvalue weighted by Gasteiger charge is 2.11. The van der Waals surface area contributed by atoms with Gasteiger partial charge in [-0.1, -0.05) is 24.3 Å². The van der Waals surface area contributed by atoms with Crippen LogP contribution < -0.4 is 15.0 Å². The number of para-hydroxylation sites is 2. The molecule has 0 aliphatic heterocycles. The van der Waals surface area contributed by atoms with Gasteiger partial charge in [-0.05, 0) is 56.7 Å². The molecule has 0 unspecified atom stereocenters. The lowest BCUT2D eigenvalue weighted by molar-refractivity contribution is 0.342. The van der Waals surface area contributed by atoms with E-state index in [1.54, 1.807) is 6.20 Å². The molecule has 3 rings (SSSR count). The molecular weight excluding hydrogens is 324 g/mol. The van der Waals surface area contributed by atoms with Gasteiger partial charge in [0.15, 0.2) is 0 Å². The predicted octanol–water partition coefficient (Wildman–Crippen LogP) is 5.09. The van der Waals surface area contributed by atoms with Crippen LogP contribution in [0.2, 0.25) is 0 Å². The summed E-state index contributed by atoms with van der Waals surface area (Å²) in [4.78, 5) is 11.2. The molecule has 0 fully saturated rings. The molecule has 1 aromatic heterocycles. The number of anilines is 4. The van der Waals surface area contributed by atoms with E-state index in [4.69, 9.17) is 9.72 Å². The van der Waals surface area contributed by atoms with Crippen LogP contribution in [0, 0.1) is 6.92 Å². The van der Waals surface area contributed by atoms with E-state index in [2.05, 4.69) is 53.3 Å². The maximum absolute atomic E-state index is 5.66. The monoisotopic (exact) mass is 348 g/mol. The maximum Gasteiger partial charge on any atom is 0.229 e. The molecule has 1 N–H and O–H groups in total. The summed E-state index contributed by atoms with van der Waals surface area (Å²) in [5.74, 6) is 2.18. The number of aryl methyl sites for hydroxylation is 1. The van der Waals surface area contributed by atoms with E-state index < -0.39 is 0 Å². The molecule has 3 aromatic rings. The first-order chi connectivity index (χ1) is 12.7. The average molecular weight is 348 g/mol. The van der Waals surface area contributed by atoms with Crippen molar-refractivity contribution in [3.63, 3.8) is 0 Å². The number of hydrogen-bond donors (Lipinski definition) is 1. The van der Waals surface area contributed by atoms with Gasteiger partial charge in [0.25, 0.3) is 0 Å². The van der Waals surface area contributed by atoms with Gasteiger partial charge in [-0.25, -0.2) is 4.98 Å². The van der Waals surface area contributed by atoms with Gasteiger partial charge in [0.1, 0.15) is 11.6 Å². The number of hydrogen-bond acceptors (Lipinski definition) is 5. The highest BCUT2D eigenvalue weighted by molar-refractivity contribution is 5.65. The maximum atomic E-state index is 5.66. The van der Waals surface area contributed by atoms with Crippen molar-refractivity contribution in [2.45, 2.75) is 20.8 Å². The van der Waals surface area contributed by atoms with Crippen LogP contribution in [-0.2, 0) is 0 Å². The second-order valence-corrected chi connectivity index (χ2v) is 5.88. The smallest absolute Gasteiger partial charge is 0.229 e. The van der Waals surface area contributed by atoms with Gasteiger partial charge in [-0.15, -0.1) is 0 Å². The summed E-state index contributed by atoms with van der Waals surface area (Å²) < 4.78 is 5.66. The summed E-state index contributed by atoms with van der Waals surface area (Å²) in [5, 5.41) is 3.27. The summed E-state index contributed by atoms with van der Waals surface area (Å²) >= 11 is 0. The third kappa shape index (κ3) is 4.11. The Kier molecular flexibility index (Phi) is 5.69. The molecule has 134 valence electrons. The van der Waals surface area contributed by atoms with E-state index in [0.717, 1.165) is 29.5 Å². The molecule has 0 atom stereocenters. The third-order valence-corrected chi connectivity index (χ3v) is 3.98. The number of rotatable bonds is 7. The van der Waals surface area contributed by atoms with E-state index in [1.807, 2.05) is 37.3 Å². The van der Waals surface area contributed by atoms with Crippen molar-refractivity contribution in [2.24, 2.45) is 0 Å². The Morgan fingerprint density at radius 2 is 1.88 bits per heavy atom. The summed E-state index contributed by atoms with van der Waals surface area (Å²) in [6.07, 6.45) is 1.77. The Balaban J connectivity index is 1.88. The number of nitrogens with one attached hydrogen (secondary N) is 1. The number of benzene rings is 2. The highest BCUT2D eigenvalue weighted by atomic mass is 16.5. The van der Waals surface area contributed by atoms with Crippen LogP contribution in [0.25, 0.3) is 0 Å². The molecule has 0 amide bonds. The minimum Gasteiger partial charge on any atom is -0.492 e.